The molecule has 2 aliphatic rings. The maximum atomic E-state index is 10.4. The third-order valence-corrected chi connectivity index (χ3v) is 10.2. The molecular weight excluding hydrogens is 536 g/mol. The lowest BCUT2D eigenvalue weighted by molar-refractivity contribution is -0.660. The van der Waals surface area contributed by atoms with E-state index < -0.39 is 0 Å². The molecule has 3 aromatic carbocycles. The number of aromatic nitrogens is 1. The van der Waals surface area contributed by atoms with Gasteiger partial charge in [-0.05, 0) is 109 Å². The summed E-state index contributed by atoms with van der Waals surface area (Å²) >= 11 is 0. The second-order valence-corrected chi connectivity index (χ2v) is 14.7. The Morgan fingerprint density at radius 2 is 1.55 bits per heavy atom. The highest BCUT2D eigenvalue weighted by Gasteiger charge is 2.28. The minimum absolute atomic E-state index is 0.200. The summed E-state index contributed by atoms with van der Waals surface area (Å²) in [6, 6.07) is 20.4. The molecule has 0 amide bonds. The van der Waals surface area contributed by atoms with Crippen LogP contribution in [0.1, 0.15) is 105 Å². The second kappa shape index (κ2) is 11.2. The van der Waals surface area contributed by atoms with Crippen LogP contribution in [0, 0.1) is 23.7 Å². The number of pyridine rings is 1. The molecule has 1 saturated carbocycles. The molecule has 1 fully saturated rings. The zero-order valence-corrected chi connectivity index (χ0v) is 27.1. The van der Waals surface area contributed by atoms with E-state index in [0.29, 0.717) is 11.5 Å². The van der Waals surface area contributed by atoms with Gasteiger partial charge in [0.25, 0.3) is 0 Å². The number of hydrogen-bond acceptors (Lipinski definition) is 2. The quantitative estimate of drug-likeness (QED) is 0.198. The molecule has 2 aliphatic carbocycles. The van der Waals surface area contributed by atoms with E-state index >= 15 is 0 Å². The standard InChI is InChI=1S/C41H45N2O/c1-26-15-17-34-35-18-16-29(25-42)38(33-20-19-30(28-11-7-6-8-12-28)31-13-9-10-14-32(31)33)40(35)44-39(34)37(26)36-23-27(21-22-43(36)5)24-41(2,3)4/h15-23,28H,6-14,24H2,1-5H3/q+1. The van der Waals surface area contributed by atoms with Crippen LogP contribution in [0.4, 0.5) is 0 Å². The van der Waals surface area contributed by atoms with Crippen molar-refractivity contribution in [2.24, 2.45) is 12.5 Å². The molecule has 0 aliphatic heterocycles. The minimum Gasteiger partial charge on any atom is -0.454 e. The summed E-state index contributed by atoms with van der Waals surface area (Å²) in [5.41, 5.74) is 14.3. The van der Waals surface area contributed by atoms with Crippen LogP contribution in [-0.2, 0) is 26.3 Å². The van der Waals surface area contributed by atoms with Gasteiger partial charge in [0.1, 0.15) is 18.2 Å². The maximum absolute atomic E-state index is 10.4. The molecule has 3 nitrogen and oxygen atoms in total. The van der Waals surface area contributed by atoms with Crippen molar-refractivity contribution in [3.8, 4) is 28.5 Å². The van der Waals surface area contributed by atoms with Gasteiger partial charge < -0.3 is 4.42 Å². The largest absolute Gasteiger partial charge is 0.454 e. The monoisotopic (exact) mass is 581 g/mol. The number of rotatable bonds is 4. The van der Waals surface area contributed by atoms with Crippen LogP contribution in [0.3, 0.4) is 0 Å². The number of aryl methyl sites for hydroxylation is 2. The number of benzene rings is 3. The van der Waals surface area contributed by atoms with Crippen LogP contribution in [0.25, 0.3) is 44.3 Å². The van der Waals surface area contributed by atoms with E-state index in [0.717, 1.165) is 58.0 Å². The summed E-state index contributed by atoms with van der Waals surface area (Å²) in [6.45, 7) is 9.05. The Balaban J connectivity index is 1.47. The predicted molar refractivity (Wildman–Crippen MR) is 181 cm³/mol. The van der Waals surface area contributed by atoms with Crippen molar-refractivity contribution in [2.75, 3.05) is 0 Å². The first-order chi connectivity index (χ1) is 21.2. The summed E-state index contributed by atoms with van der Waals surface area (Å²) in [7, 11) is 2.12. The molecule has 44 heavy (non-hydrogen) atoms. The topological polar surface area (TPSA) is 40.8 Å². The molecule has 2 heterocycles. The van der Waals surface area contributed by atoms with Crippen molar-refractivity contribution in [3.63, 3.8) is 0 Å². The molecular formula is C41H45N2O+. The zero-order chi connectivity index (χ0) is 30.6. The average Bonchev–Trinajstić information content (AvgIpc) is 3.39. The van der Waals surface area contributed by atoms with Crippen LogP contribution in [0.2, 0.25) is 0 Å². The van der Waals surface area contributed by atoms with E-state index in [9.17, 15) is 5.26 Å². The van der Waals surface area contributed by atoms with Gasteiger partial charge in [-0.2, -0.15) is 5.26 Å². The zero-order valence-electron chi connectivity index (χ0n) is 27.1. The summed E-state index contributed by atoms with van der Waals surface area (Å²) in [5.74, 6) is 0.683. The van der Waals surface area contributed by atoms with Gasteiger partial charge in [0.2, 0.25) is 5.69 Å². The van der Waals surface area contributed by atoms with Crippen molar-refractivity contribution in [2.45, 2.75) is 97.8 Å². The van der Waals surface area contributed by atoms with Crippen molar-refractivity contribution < 1.29 is 8.98 Å². The van der Waals surface area contributed by atoms with Gasteiger partial charge in [-0.15, -0.1) is 0 Å². The average molecular weight is 582 g/mol. The fraction of sp³-hybridized carbons (Fsp3) is 0.415. The Morgan fingerprint density at radius 1 is 0.841 bits per heavy atom. The van der Waals surface area contributed by atoms with Crippen molar-refractivity contribution >= 4 is 21.9 Å². The van der Waals surface area contributed by atoms with Gasteiger partial charge in [0.15, 0.2) is 6.20 Å². The molecule has 0 N–H and O–H groups in total. The molecule has 3 heteroatoms. The smallest absolute Gasteiger partial charge is 0.216 e. The van der Waals surface area contributed by atoms with E-state index in [1.807, 2.05) is 6.07 Å². The highest BCUT2D eigenvalue weighted by molar-refractivity contribution is 6.14. The van der Waals surface area contributed by atoms with Gasteiger partial charge in [0.05, 0.1) is 17.2 Å². The number of hydrogen-bond donors (Lipinski definition) is 0. The first kappa shape index (κ1) is 28.8. The van der Waals surface area contributed by atoms with Gasteiger partial charge in [-0.25, -0.2) is 4.57 Å². The summed E-state index contributed by atoms with van der Waals surface area (Å²) in [6.07, 6.45) is 14.6. The Morgan fingerprint density at radius 3 is 2.27 bits per heavy atom. The third-order valence-electron chi connectivity index (χ3n) is 10.2. The van der Waals surface area contributed by atoms with E-state index in [1.165, 1.54) is 67.2 Å². The number of fused-ring (bicyclic) bond motifs is 4. The molecule has 7 rings (SSSR count). The Kier molecular flexibility index (Phi) is 7.36. The molecule has 0 saturated heterocycles. The van der Waals surface area contributed by atoms with Crippen LogP contribution in [0.5, 0.6) is 0 Å². The van der Waals surface area contributed by atoms with Crippen LogP contribution in [-0.4, -0.2) is 0 Å². The van der Waals surface area contributed by atoms with E-state index in [-0.39, 0.29) is 5.41 Å². The normalized spacial score (nSPS) is 15.9. The molecule has 5 aromatic rings. The molecule has 0 atom stereocenters. The fourth-order valence-corrected chi connectivity index (χ4v) is 8.19. The molecule has 0 spiro atoms. The van der Waals surface area contributed by atoms with Crippen LogP contribution in [0.15, 0.2) is 59.1 Å². The Bertz CT molecular complexity index is 1940. The maximum Gasteiger partial charge on any atom is 0.216 e. The van der Waals surface area contributed by atoms with Crippen molar-refractivity contribution in [1.82, 2.24) is 0 Å². The molecule has 2 aromatic heterocycles. The van der Waals surface area contributed by atoms with Crippen molar-refractivity contribution in [1.29, 1.82) is 5.26 Å². The van der Waals surface area contributed by atoms with Crippen LogP contribution >= 0.6 is 0 Å². The van der Waals surface area contributed by atoms with E-state index in [2.05, 4.69) is 94.0 Å². The lowest BCUT2D eigenvalue weighted by Crippen LogP contribution is -2.31. The Hall–Kier alpha value is -3.90. The number of furan rings is 1. The number of nitriles is 1. The summed E-state index contributed by atoms with van der Waals surface area (Å²) in [4.78, 5) is 0. The van der Waals surface area contributed by atoms with Gasteiger partial charge in [-0.3, -0.25) is 0 Å². The molecule has 0 unspecified atom stereocenters. The van der Waals surface area contributed by atoms with Crippen molar-refractivity contribution in [3.05, 3.63) is 88.1 Å². The highest BCUT2D eigenvalue weighted by atomic mass is 16.3. The van der Waals surface area contributed by atoms with E-state index in [1.54, 1.807) is 11.1 Å². The Labute approximate surface area is 262 Å². The SMILES string of the molecule is Cc1ccc2c(oc3c(-c4ccc(C5CCCCC5)c5c4CCCC5)c(C#N)ccc32)c1-c1cc(CC(C)(C)C)cc[n+]1C. The second-order valence-electron chi connectivity index (χ2n) is 14.7. The van der Waals surface area contributed by atoms with Gasteiger partial charge in [-0.1, -0.05) is 64.3 Å². The summed E-state index contributed by atoms with van der Waals surface area (Å²) in [5, 5.41) is 12.6. The summed E-state index contributed by atoms with van der Waals surface area (Å²) < 4.78 is 9.23. The molecule has 0 bridgehead atoms. The fourth-order valence-electron chi connectivity index (χ4n) is 8.19. The molecule has 0 radical (unpaired) electrons. The predicted octanol–water partition coefficient (Wildman–Crippen LogP) is 10.4. The lowest BCUT2D eigenvalue weighted by atomic mass is 9.75. The number of nitrogens with zero attached hydrogens (tertiary/aromatic N) is 2. The van der Waals surface area contributed by atoms with E-state index in [4.69, 9.17) is 4.42 Å². The first-order valence-corrected chi connectivity index (χ1v) is 16.8. The third kappa shape index (κ3) is 5.03. The van der Waals surface area contributed by atoms with Gasteiger partial charge >= 0.3 is 0 Å². The first-order valence-electron chi connectivity index (χ1n) is 16.8. The highest BCUT2D eigenvalue weighted by Crippen LogP contribution is 2.46. The minimum atomic E-state index is 0.200. The van der Waals surface area contributed by atoms with Gasteiger partial charge in [0, 0.05) is 28.5 Å². The lowest BCUT2D eigenvalue weighted by Gasteiger charge is -2.29. The van der Waals surface area contributed by atoms with Crippen LogP contribution < -0.4 is 4.57 Å². The molecule has 224 valence electrons.